The van der Waals surface area contributed by atoms with Crippen molar-refractivity contribution in [1.29, 1.82) is 0 Å². The minimum atomic E-state index is -0.883. The Hall–Kier alpha value is -2.75. The molecular formula is C28H37N5O3S. The number of piperidine rings is 1. The number of ether oxygens (including phenoxy) is 1. The van der Waals surface area contributed by atoms with Crippen molar-refractivity contribution in [1.82, 2.24) is 14.9 Å². The molecule has 0 unspecified atom stereocenters. The van der Waals surface area contributed by atoms with Crippen molar-refractivity contribution < 1.29 is 14.6 Å². The smallest absolute Gasteiger partial charge is 0.326 e. The minimum Gasteiger partial charge on any atom is -0.480 e. The summed E-state index contributed by atoms with van der Waals surface area (Å²) in [5.74, 6) is 0.825. The summed E-state index contributed by atoms with van der Waals surface area (Å²) in [7, 11) is 0. The van der Waals surface area contributed by atoms with Crippen molar-refractivity contribution in [3.05, 3.63) is 46.6 Å². The summed E-state index contributed by atoms with van der Waals surface area (Å²) >= 11 is 1.65. The van der Waals surface area contributed by atoms with E-state index in [9.17, 15) is 9.90 Å². The van der Waals surface area contributed by atoms with Gasteiger partial charge in [0.05, 0.1) is 6.10 Å². The molecule has 8 nitrogen and oxygen atoms in total. The van der Waals surface area contributed by atoms with Gasteiger partial charge in [0.25, 0.3) is 0 Å². The van der Waals surface area contributed by atoms with Crippen LogP contribution in [0.25, 0.3) is 10.1 Å². The number of nitrogens with one attached hydrogen (secondary N) is 2. The molecule has 2 atom stereocenters. The van der Waals surface area contributed by atoms with Gasteiger partial charge in [-0.15, -0.1) is 11.3 Å². The minimum absolute atomic E-state index is 0.148. The van der Waals surface area contributed by atoms with E-state index in [0.717, 1.165) is 85.4 Å². The molecule has 1 saturated heterocycles. The van der Waals surface area contributed by atoms with E-state index in [1.807, 2.05) is 13.0 Å². The maximum atomic E-state index is 12.0. The van der Waals surface area contributed by atoms with Crippen LogP contribution in [0.4, 0.5) is 11.6 Å². The molecule has 1 fully saturated rings. The van der Waals surface area contributed by atoms with Crippen LogP contribution in [0.3, 0.4) is 0 Å². The summed E-state index contributed by atoms with van der Waals surface area (Å²) in [5, 5.41) is 19.5. The van der Waals surface area contributed by atoms with E-state index in [2.05, 4.69) is 38.0 Å². The van der Waals surface area contributed by atoms with Crippen LogP contribution in [-0.4, -0.2) is 70.9 Å². The number of hydrogen-bond donors (Lipinski definition) is 3. The van der Waals surface area contributed by atoms with Crippen LogP contribution in [0.2, 0.25) is 0 Å². The molecule has 2 aliphatic rings. The number of carboxylic acids is 1. The highest BCUT2D eigenvalue weighted by Gasteiger charge is 2.23. The Morgan fingerprint density at radius 1 is 1.35 bits per heavy atom. The zero-order valence-corrected chi connectivity index (χ0v) is 22.4. The molecule has 2 aliphatic heterocycles. The standard InChI is InChI=1S/C28H37N5O3S/c1-19-18-37-24-10-13-30-27(25(19)24)32-23(28(34)35)11-16-36-22-7-4-15-33(17-22)14-3-6-21-9-8-20-5-2-12-29-26(20)31-21/h8-10,13,18,22-23H,2-7,11-12,14-17H2,1H3,(H,29,31)(H,30,32)(H,34,35)/t22-,23+/m1/s1. The normalized spacial score (nSPS) is 18.8. The average Bonchev–Trinajstić information content (AvgIpc) is 3.29. The first kappa shape index (κ1) is 25.9. The monoisotopic (exact) mass is 523 g/mol. The number of aliphatic carboxylic acids is 1. The Bertz CT molecular complexity index is 1220. The lowest BCUT2D eigenvalue weighted by molar-refractivity contribution is -0.138. The lowest BCUT2D eigenvalue weighted by atomic mass is 10.1. The maximum Gasteiger partial charge on any atom is 0.326 e. The summed E-state index contributed by atoms with van der Waals surface area (Å²) in [6, 6.07) is 5.63. The molecule has 0 spiro atoms. The molecular weight excluding hydrogens is 486 g/mol. The third kappa shape index (κ3) is 6.58. The fourth-order valence-electron chi connectivity index (χ4n) is 5.36. The van der Waals surface area contributed by atoms with Gasteiger partial charge in [0.1, 0.15) is 17.7 Å². The number of anilines is 2. The highest BCUT2D eigenvalue weighted by atomic mass is 32.1. The van der Waals surface area contributed by atoms with Crippen LogP contribution in [0, 0.1) is 6.92 Å². The number of hydrogen-bond acceptors (Lipinski definition) is 8. The van der Waals surface area contributed by atoms with Gasteiger partial charge in [0.2, 0.25) is 0 Å². The number of carboxylic acid groups (broad SMARTS) is 1. The summed E-state index contributed by atoms with van der Waals surface area (Å²) < 4.78 is 7.28. The number of aromatic nitrogens is 2. The molecule has 3 aromatic rings. The largest absolute Gasteiger partial charge is 0.480 e. The first-order chi connectivity index (χ1) is 18.1. The van der Waals surface area contributed by atoms with Crippen LogP contribution in [-0.2, 0) is 22.4 Å². The first-order valence-electron chi connectivity index (χ1n) is 13.5. The van der Waals surface area contributed by atoms with Gasteiger partial charge in [-0.1, -0.05) is 6.07 Å². The molecule has 0 aromatic carbocycles. The fourth-order valence-corrected chi connectivity index (χ4v) is 6.30. The Balaban J connectivity index is 1.07. The molecule has 3 N–H and O–H groups in total. The van der Waals surface area contributed by atoms with Gasteiger partial charge < -0.3 is 25.4 Å². The molecule has 37 heavy (non-hydrogen) atoms. The van der Waals surface area contributed by atoms with E-state index in [-0.39, 0.29) is 6.10 Å². The molecule has 9 heteroatoms. The van der Waals surface area contributed by atoms with Gasteiger partial charge >= 0.3 is 5.97 Å². The van der Waals surface area contributed by atoms with Gasteiger partial charge in [-0.3, -0.25) is 0 Å². The van der Waals surface area contributed by atoms with Gasteiger partial charge in [0, 0.05) is 48.1 Å². The Labute approximate surface area is 222 Å². The van der Waals surface area contributed by atoms with E-state index >= 15 is 0 Å². The molecule has 3 aromatic heterocycles. The number of aryl methyl sites for hydroxylation is 3. The number of fused-ring (bicyclic) bond motifs is 2. The predicted molar refractivity (Wildman–Crippen MR) is 149 cm³/mol. The zero-order valence-electron chi connectivity index (χ0n) is 21.5. The lowest BCUT2D eigenvalue weighted by Crippen LogP contribution is -2.41. The Morgan fingerprint density at radius 2 is 2.27 bits per heavy atom. The quantitative estimate of drug-likeness (QED) is 0.332. The Kier molecular flexibility index (Phi) is 8.53. The summed E-state index contributed by atoms with van der Waals surface area (Å²) in [5.41, 5.74) is 3.60. The van der Waals surface area contributed by atoms with Crippen LogP contribution in [0.1, 0.15) is 48.9 Å². The van der Waals surface area contributed by atoms with E-state index < -0.39 is 12.0 Å². The van der Waals surface area contributed by atoms with Gasteiger partial charge in [-0.25, -0.2) is 14.8 Å². The van der Waals surface area contributed by atoms with Gasteiger partial charge in [0.15, 0.2) is 0 Å². The van der Waals surface area contributed by atoms with Crippen molar-refractivity contribution >= 4 is 39.0 Å². The molecule has 0 aliphatic carbocycles. The van der Waals surface area contributed by atoms with Gasteiger partial charge in [-0.2, -0.15) is 0 Å². The SMILES string of the molecule is Cc1csc2ccnc(N[C@@H](CCO[C@@H]3CCCN(CCCc4ccc5c(n4)NCCC5)C3)C(=O)O)c12. The second-order valence-corrected chi connectivity index (χ2v) is 11.1. The third-order valence-electron chi connectivity index (χ3n) is 7.36. The highest BCUT2D eigenvalue weighted by Crippen LogP contribution is 2.30. The predicted octanol–water partition coefficient (Wildman–Crippen LogP) is 4.73. The van der Waals surface area contributed by atoms with Crippen molar-refractivity contribution in [2.24, 2.45) is 0 Å². The van der Waals surface area contributed by atoms with Crippen molar-refractivity contribution in [2.45, 2.75) is 64.0 Å². The second kappa shape index (κ2) is 12.2. The first-order valence-corrected chi connectivity index (χ1v) is 14.3. The molecule has 0 bridgehead atoms. The van der Waals surface area contributed by atoms with Gasteiger partial charge in [-0.05, 0) is 87.2 Å². The topological polar surface area (TPSA) is 99.6 Å². The van der Waals surface area contributed by atoms with Crippen molar-refractivity contribution in [2.75, 3.05) is 43.4 Å². The molecule has 0 saturated carbocycles. The molecule has 198 valence electrons. The third-order valence-corrected chi connectivity index (χ3v) is 8.43. The van der Waals surface area contributed by atoms with Crippen LogP contribution in [0.15, 0.2) is 29.8 Å². The molecule has 0 amide bonds. The van der Waals surface area contributed by atoms with Crippen LogP contribution in [0.5, 0.6) is 0 Å². The van der Waals surface area contributed by atoms with E-state index in [4.69, 9.17) is 9.72 Å². The van der Waals surface area contributed by atoms with E-state index in [1.54, 1.807) is 17.5 Å². The number of nitrogens with zero attached hydrogens (tertiary/aromatic N) is 3. The van der Waals surface area contributed by atoms with Crippen LogP contribution < -0.4 is 10.6 Å². The van der Waals surface area contributed by atoms with Crippen molar-refractivity contribution in [3.63, 3.8) is 0 Å². The number of carbonyl (C=O) groups is 1. The van der Waals surface area contributed by atoms with E-state index in [1.165, 1.54) is 12.0 Å². The molecule has 5 rings (SSSR count). The number of likely N-dealkylation sites (tertiary alicyclic amines) is 1. The van der Waals surface area contributed by atoms with Crippen molar-refractivity contribution in [3.8, 4) is 0 Å². The number of thiophene rings is 1. The summed E-state index contributed by atoms with van der Waals surface area (Å²) in [6.45, 7) is 6.48. The fraction of sp³-hybridized carbons (Fsp3) is 0.536. The maximum absolute atomic E-state index is 12.0. The molecule has 0 radical (unpaired) electrons. The van der Waals surface area contributed by atoms with E-state index in [0.29, 0.717) is 18.8 Å². The second-order valence-electron chi connectivity index (χ2n) is 10.2. The number of rotatable bonds is 11. The zero-order chi connectivity index (χ0) is 25.6. The average molecular weight is 524 g/mol. The lowest BCUT2D eigenvalue weighted by Gasteiger charge is -2.32. The highest BCUT2D eigenvalue weighted by molar-refractivity contribution is 7.17. The van der Waals surface area contributed by atoms with Crippen LogP contribution >= 0.6 is 11.3 Å². The molecule has 5 heterocycles. The Morgan fingerprint density at radius 3 is 3.16 bits per heavy atom. The summed E-state index contributed by atoms with van der Waals surface area (Å²) in [4.78, 5) is 23.7. The number of pyridine rings is 2. The summed E-state index contributed by atoms with van der Waals surface area (Å²) in [6.07, 6.45) is 8.75.